The third kappa shape index (κ3) is 4.62. The number of rotatable bonds is 8. The lowest BCUT2D eigenvalue weighted by Crippen LogP contribution is -2.26. The Kier molecular flexibility index (Phi) is 7.00. The molecule has 0 aromatic heterocycles. The van der Waals surface area contributed by atoms with E-state index in [1.165, 1.54) is 16.1 Å². The van der Waals surface area contributed by atoms with Crippen molar-refractivity contribution in [2.45, 2.75) is 27.7 Å². The van der Waals surface area contributed by atoms with Crippen LogP contribution < -0.4 is 9.64 Å². The maximum atomic E-state index is 13.0. The molecular formula is C24H25ClN2O3S2. The van der Waals surface area contributed by atoms with Crippen LogP contribution in [0, 0.1) is 0 Å². The molecule has 0 amide bonds. The molecule has 0 radical (unpaired) electrons. The van der Waals surface area contributed by atoms with Gasteiger partial charge < -0.3 is 9.64 Å². The van der Waals surface area contributed by atoms with Gasteiger partial charge in [0.1, 0.15) is 12.4 Å². The van der Waals surface area contributed by atoms with E-state index in [1.807, 2.05) is 54.6 Å². The van der Waals surface area contributed by atoms with Gasteiger partial charge in [-0.05, 0) is 36.2 Å². The van der Waals surface area contributed by atoms with E-state index in [4.69, 9.17) is 16.3 Å². The molecule has 0 N–H and O–H groups in total. The Balaban J connectivity index is 1.72. The number of sulfonamides is 1. The maximum Gasteiger partial charge on any atom is 0.243 e. The minimum atomic E-state index is -3.58. The summed E-state index contributed by atoms with van der Waals surface area (Å²) < 4.78 is 33.2. The minimum absolute atomic E-state index is 0.316. The molecule has 8 heteroatoms. The fraction of sp³-hybridized carbons (Fsp3) is 0.250. The van der Waals surface area contributed by atoms with E-state index >= 15 is 0 Å². The molecule has 0 unspecified atom stereocenters. The van der Waals surface area contributed by atoms with Crippen LogP contribution in [0.1, 0.15) is 12.0 Å². The summed E-state index contributed by atoms with van der Waals surface area (Å²) in [6.07, 6.45) is 0.769. The number of hydrogen-bond acceptors (Lipinski definition) is 5. The molecule has 1 aliphatic heterocycles. The molecule has 1 aliphatic rings. The molecule has 0 atom stereocenters. The highest BCUT2D eigenvalue weighted by molar-refractivity contribution is 8.00. The van der Waals surface area contributed by atoms with Crippen molar-refractivity contribution in [2.24, 2.45) is 0 Å². The molecule has 0 saturated heterocycles. The normalized spacial score (nSPS) is 13.1. The van der Waals surface area contributed by atoms with Gasteiger partial charge in [0.05, 0.1) is 21.2 Å². The molecule has 168 valence electrons. The number of nitrogens with zero attached hydrogens (tertiary/aromatic N) is 2. The van der Waals surface area contributed by atoms with Crippen molar-refractivity contribution in [3.8, 4) is 5.75 Å². The van der Waals surface area contributed by atoms with Crippen molar-refractivity contribution in [3.63, 3.8) is 0 Å². The summed E-state index contributed by atoms with van der Waals surface area (Å²) in [6, 6.07) is 21.4. The number of alkyl halides is 1. The summed E-state index contributed by atoms with van der Waals surface area (Å²) in [7, 11) is -0.470. The Morgan fingerprint density at radius 2 is 1.78 bits per heavy atom. The summed E-state index contributed by atoms with van der Waals surface area (Å²) in [5, 5.41) is 0. The fourth-order valence-corrected chi connectivity index (χ4v) is 6.17. The number of halogens is 1. The quantitative estimate of drug-likeness (QED) is 0.378. The standard InChI is InChI=1S/C24H25ClN2O3S2/c1-26(2)32(28,29)23-11-6-10-20-24(23)31-22-13-12-19(16-21(22)27(20)15-7-14-25)30-17-18-8-4-3-5-9-18/h3-6,8-13,16H,7,14-15,17H2,1-2H3. The van der Waals surface area contributed by atoms with E-state index in [9.17, 15) is 8.42 Å². The lowest BCUT2D eigenvalue weighted by atomic mass is 10.2. The van der Waals surface area contributed by atoms with E-state index in [-0.39, 0.29) is 0 Å². The fourth-order valence-electron chi connectivity index (χ4n) is 3.54. The second-order valence-corrected chi connectivity index (χ2v) is 11.1. The van der Waals surface area contributed by atoms with E-state index in [1.54, 1.807) is 26.2 Å². The number of anilines is 2. The van der Waals surface area contributed by atoms with Crippen LogP contribution in [-0.4, -0.2) is 39.2 Å². The van der Waals surface area contributed by atoms with E-state index in [0.29, 0.717) is 23.9 Å². The van der Waals surface area contributed by atoms with Gasteiger partial charge >= 0.3 is 0 Å². The van der Waals surface area contributed by atoms with Crippen LogP contribution in [0.15, 0.2) is 81.4 Å². The highest BCUT2D eigenvalue weighted by Crippen LogP contribution is 2.51. The summed E-state index contributed by atoms with van der Waals surface area (Å²) in [4.78, 5) is 4.19. The highest BCUT2D eigenvalue weighted by atomic mass is 35.5. The Hall–Kier alpha value is -2.19. The summed E-state index contributed by atoms with van der Waals surface area (Å²) in [5.41, 5.74) is 2.97. The van der Waals surface area contributed by atoms with Crippen molar-refractivity contribution in [2.75, 3.05) is 31.4 Å². The van der Waals surface area contributed by atoms with Gasteiger partial charge in [-0.25, -0.2) is 12.7 Å². The predicted octanol–water partition coefficient (Wildman–Crippen LogP) is 5.75. The van der Waals surface area contributed by atoms with Gasteiger partial charge in [0, 0.05) is 37.5 Å². The molecular weight excluding hydrogens is 464 g/mol. The average Bonchev–Trinajstić information content (AvgIpc) is 2.80. The van der Waals surface area contributed by atoms with Gasteiger partial charge in [-0.15, -0.1) is 11.6 Å². The zero-order valence-electron chi connectivity index (χ0n) is 18.0. The van der Waals surface area contributed by atoms with Gasteiger partial charge in [0.25, 0.3) is 0 Å². The lowest BCUT2D eigenvalue weighted by Gasteiger charge is -2.34. The number of benzene rings is 3. The van der Waals surface area contributed by atoms with Crippen molar-refractivity contribution >= 4 is 44.8 Å². The molecule has 0 saturated carbocycles. The predicted molar refractivity (Wildman–Crippen MR) is 131 cm³/mol. The first-order chi connectivity index (χ1) is 15.4. The Labute approximate surface area is 199 Å². The van der Waals surface area contributed by atoms with Gasteiger partial charge in [-0.1, -0.05) is 48.2 Å². The molecule has 5 nitrogen and oxygen atoms in total. The van der Waals surface area contributed by atoms with Crippen LogP contribution in [0.4, 0.5) is 11.4 Å². The smallest absolute Gasteiger partial charge is 0.243 e. The van der Waals surface area contributed by atoms with Gasteiger partial charge in [0.2, 0.25) is 10.0 Å². The largest absolute Gasteiger partial charge is 0.489 e. The van der Waals surface area contributed by atoms with Gasteiger partial charge in [0.15, 0.2) is 0 Å². The highest BCUT2D eigenvalue weighted by Gasteiger charge is 2.30. The van der Waals surface area contributed by atoms with E-state index < -0.39 is 10.0 Å². The van der Waals surface area contributed by atoms with Crippen LogP contribution in [0.25, 0.3) is 0 Å². The summed E-state index contributed by atoms with van der Waals surface area (Å²) in [6.45, 7) is 1.16. The summed E-state index contributed by atoms with van der Waals surface area (Å²) in [5.74, 6) is 1.29. The maximum absolute atomic E-state index is 13.0. The van der Waals surface area contributed by atoms with Crippen molar-refractivity contribution < 1.29 is 13.2 Å². The van der Waals surface area contributed by atoms with Crippen molar-refractivity contribution in [1.29, 1.82) is 0 Å². The first kappa shape index (κ1) is 23.0. The van der Waals surface area contributed by atoms with Gasteiger partial charge in [-0.2, -0.15) is 0 Å². The molecule has 0 aliphatic carbocycles. The molecule has 3 aromatic carbocycles. The van der Waals surface area contributed by atoms with Crippen molar-refractivity contribution in [3.05, 3.63) is 72.3 Å². The van der Waals surface area contributed by atoms with Crippen LogP contribution >= 0.6 is 23.4 Å². The molecule has 3 aromatic rings. The van der Waals surface area contributed by atoms with Crippen LogP contribution in [0.2, 0.25) is 0 Å². The number of hydrogen-bond donors (Lipinski definition) is 0. The van der Waals surface area contributed by atoms with Gasteiger partial charge in [-0.3, -0.25) is 0 Å². The topological polar surface area (TPSA) is 49.9 Å². The third-order valence-corrected chi connectivity index (χ3v) is 8.66. The first-order valence-electron chi connectivity index (χ1n) is 10.3. The Morgan fingerprint density at radius 3 is 2.50 bits per heavy atom. The van der Waals surface area contributed by atoms with E-state index in [0.717, 1.165) is 38.9 Å². The molecule has 0 fully saturated rings. The summed E-state index contributed by atoms with van der Waals surface area (Å²) >= 11 is 7.49. The van der Waals surface area contributed by atoms with Crippen LogP contribution in [0.5, 0.6) is 5.75 Å². The Morgan fingerprint density at radius 1 is 1.00 bits per heavy atom. The number of fused-ring (bicyclic) bond motifs is 2. The average molecular weight is 489 g/mol. The second kappa shape index (κ2) is 9.75. The van der Waals surface area contributed by atoms with Crippen LogP contribution in [-0.2, 0) is 16.6 Å². The molecule has 32 heavy (non-hydrogen) atoms. The zero-order valence-corrected chi connectivity index (χ0v) is 20.4. The van der Waals surface area contributed by atoms with Crippen molar-refractivity contribution in [1.82, 2.24) is 4.31 Å². The first-order valence-corrected chi connectivity index (χ1v) is 13.1. The minimum Gasteiger partial charge on any atom is -0.489 e. The lowest BCUT2D eigenvalue weighted by molar-refractivity contribution is 0.306. The third-order valence-electron chi connectivity index (χ3n) is 5.20. The monoisotopic (exact) mass is 488 g/mol. The molecule has 0 bridgehead atoms. The van der Waals surface area contributed by atoms with E-state index in [2.05, 4.69) is 4.90 Å². The number of ether oxygens (including phenoxy) is 1. The zero-order chi connectivity index (χ0) is 22.7. The molecule has 1 heterocycles. The molecule has 0 spiro atoms. The molecule has 4 rings (SSSR count). The SMILES string of the molecule is CN(C)S(=O)(=O)c1cccc2c1Sc1ccc(OCc3ccccc3)cc1N2CCCCl. The second-order valence-electron chi connectivity index (χ2n) is 7.59. The van der Waals surface area contributed by atoms with Crippen LogP contribution in [0.3, 0.4) is 0 Å². The Bertz CT molecular complexity index is 1200.